The van der Waals surface area contributed by atoms with Crippen LogP contribution in [0.3, 0.4) is 0 Å². The molecule has 0 saturated heterocycles. The van der Waals surface area contributed by atoms with Crippen LogP contribution in [0.1, 0.15) is 44.9 Å². The molecular weight excluding hydrogens is 342 g/mol. The Balaban J connectivity index is 1.93. The number of amides is 1. The summed E-state index contributed by atoms with van der Waals surface area (Å²) in [5.74, 6) is 1.54. The second-order valence-corrected chi connectivity index (χ2v) is 7.50. The SMILES string of the molecule is COc1cc(OC)cc(OCC(=O)N[C@H](C)c2ccc(C(C)(C)C)cc2)c1. The average Bonchev–Trinajstić information content (AvgIpc) is 2.65. The van der Waals surface area contributed by atoms with Crippen LogP contribution < -0.4 is 19.5 Å². The number of hydrogen-bond donors (Lipinski definition) is 1. The first-order valence-corrected chi connectivity index (χ1v) is 8.98. The van der Waals surface area contributed by atoms with Crippen LogP contribution in [0.2, 0.25) is 0 Å². The van der Waals surface area contributed by atoms with Gasteiger partial charge in [-0.2, -0.15) is 0 Å². The lowest BCUT2D eigenvalue weighted by atomic mass is 9.86. The summed E-state index contributed by atoms with van der Waals surface area (Å²) in [6, 6.07) is 13.4. The monoisotopic (exact) mass is 371 g/mol. The first kappa shape index (κ1) is 20.6. The molecule has 1 amide bonds. The van der Waals surface area contributed by atoms with Gasteiger partial charge in [-0.3, -0.25) is 4.79 Å². The highest BCUT2D eigenvalue weighted by Gasteiger charge is 2.15. The molecule has 1 N–H and O–H groups in total. The van der Waals surface area contributed by atoms with Crippen molar-refractivity contribution in [3.05, 3.63) is 53.6 Å². The molecule has 2 aromatic rings. The maximum atomic E-state index is 12.2. The quantitative estimate of drug-likeness (QED) is 0.790. The molecule has 27 heavy (non-hydrogen) atoms. The number of carbonyl (C=O) groups is 1. The van der Waals surface area contributed by atoms with Crippen LogP contribution in [0.5, 0.6) is 17.2 Å². The lowest BCUT2D eigenvalue weighted by Gasteiger charge is -2.20. The highest BCUT2D eigenvalue weighted by molar-refractivity contribution is 5.78. The molecule has 1 atom stereocenters. The molecule has 0 radical (unpaired) electrons. The Hall–Kier alpha value is -2.69. The molecule has 0 aliphatic heterocycles. The first-order valence-electron chi connectivity index (χ1n) is 8.98. The van der Waals surface area contributed by atoms with Crippen LogP contribution in [-0.2, 0) is 10.2 Å². The number of benzene rings is 2. The van der Waals surface area contributed by atoms with Crippen molar-refractivity contribution in [2.75, 3.05) is 20.8 Å². The van der Waals surface area contributed by atoms with Crippen LogP contribution in [0, 0.1) is 0 Å². The number of hydrogen-bond acceptors (Lipinski definition) is 4. The maximum Gasteiger partial charge on any atom is 0.258 e. The third-order valence-corrected chi connectivity index (χ3v) is 4.35. The van der Waals surface area contributed by atoms with Crippen molar-refractivity contribution >= 4 is 5.91 Å². The number of nitrogens with one attached hydrogen (secondary N) is 1. The van der Waals surface area contributed by atoms with E-state index in [1.165, 1.54) is 5.56 Å². The van der Waals surface area contributed by atoms with Gasteiger partial charge in [-0.15, -0.1) is 0 Å². The summed E-state index contributed by atoms with van der Waals surface area (Å²) in [4.78, 5) is 12.2. The van der Waals surface area contributed by atoms with Crippen molar-refractivity contribution in [2.24, 2.45) is 0 Å². The molecule has 0 unspecified atom stereocenters. The Morgan fingerprint density at radius 3 is 1.96 bits per heavy atom. The first-order chi connectivity index (χ1) is 12.7. The van der Waals surface area contributed by atoms with E-state index < -0.39 is 0 Å². The lowest BCUT2D eigenvalue weighted by molar-refractivity contribution is -0.123. The van der Waals surface area contributed by atoms with E-state index in [0.29, 0.717) is 17.2 Å². The van der Waals surface area contributed by atoms with E-state index in [-0.39, 0.29) is 24.0 Å². The molecule has 0 bridgehead atoms. The predicted molar refractivity (Wildman–Crippen MR) is 107 cm³/mol. The van der Waals surface area contributed by atoms with Crippen LogP contribution in [-0.4, -0.2) is 26.7 Å². The number of rotatable bonds is 7. The topological polar surface area (TPSA) is 56.8 Å². The smallest absolute Gasteiger partial charge is 0.258 e. The minimum Gasteiger partial charge on any atom is -0.496 e. The van der Waals surface area contributed by atoms with Crippen LogP contribution in [0.4, 0.5) is 0 Å². The molecule has 2 aromatic carbocycles. The Kier molecular flexibility index (Phi) is 6.72. The van der Waals surface area contributed by atoms with Gasteiger partial charge in [0.05, 0.1) is 20.3 Å². The van der Waals surface area contributed by atoms with Gasteiger partial charge in [0.2, 0.25) is 0 Å². The zero-order valence-corrected chi connectivity index (χ0v) is 17.0. The van der Waals surface area contributed by atoms with E-state index >= 15 is 0 Å². The summed E-state index contributed by atoms with van der Waals surface area (Å²) in [6.45, 7) is 8.41. The number of ether oxygens (including phenoxy) is 3. The lowest BCUT2D eigenvalue weighted by Crippen LogP contribution is -2.31. The van der Waals surface area contributed by atoms with Gasteiger partial charge in [0.15, 0.2) is 6.61 Å². The molecule has 0 heterocycles. The van der Waals surface area contributed by atoms with Gasteiger partial charge in [-0.05, 0) is 23.5 Å². The summed E-state index contributed by atoms with van der Waals surface area (Å²) in [7, 11) is 3.13. The van der Waals surface area contributed by atoms with Gasteiger partial charge in [-0.25, -0.2) is 0 Å². The Morgan fingerprint density at radius 2 is 1.48 bits per heavy atom. The second-order valence-electron chi connectivity index (χ2n) is 7.50. The Labute approximate surface area is 161 Å². The summed E-state index contributed by atoms with van der Waals surface area (Å²) in [6.07, 6.45) is 0. The van der Waals surface area contributed by atoms with Gasteiger partial charge in [0.25, 0.3) is 5.91 Å². The molecule has 0 aromatic heterocycles. The maximum absolute atomic E-state index is 12.2. The van der Waals surface area contributed by atoms with Crippen LogP contribution >= 0.6 is 0 Å². The molecule has 0 spiro atoms. The summed E-state index contributed by atoms with van der Waals surface area (Å²) >= 11 is 0. The molecule has 146 valence electrons. The van der Waals surface area contributed by atoms with Crippen LogP contribution in [0.15, 0.2) is 42.5 Å². The molecule has 5 heteroatoms. The molecule has 0 saturated carbocycles. The summed E-state index contributed by atoms with van der Waals surface area (Å²) in [5.41, 5.74) is 2.43. The highest BCUT2D eigenvalue weighted by Crippen LogP contribution is 2.27. The van der Waals surface area contributed by atoms with Gasteiger partial charge in [-0.1, -0.05) is 45.0 Å². The summed E-state index contributed by atoms with van der Waals surface area (Å²) < 4.78 is 16.0. The van der Waals surface area contributed by atoms with Gasteiger partial charge in [0, 0.05) is 18.2 Å². The largest absolute Gasteiger partial charge is 0.496 e. The Bertz CT molecular complexity index is 741. The number of methoxy groups -OCH3 is 2. The fraction of sp³-hybridized carbons (Fsp3) is 0.409. The van der Waals surface area contributed by atoms with Crippen molar-refractivity contribution < 1.29 is 19.0 Å². The van der Waals surface area contributed by atoms with E-state index in [0.717, 1.165) is 5.56 Å². The molecular formula is C22H29NO4. The van der Waals surface area contributed by atoms with Crippen molar-refractivity contribution in [1.82, 2.24) is 5.32 Å². The number of carbonyl (C=O) groups excluding carboxylic acids is 1. The standard InChI is InChI=1S/C22H29NO4/c1-15(16-7-9-17(10-8-16)22(2,3)4)23-21(24)14-27-20-12-18(25-5)11-19(13-20)26-6/h7-13,15H,14H2,1-6H3,(H,23,24)/t15-/m1/s1. The van der Waals surface area contributed by atoms with E-state index in [1.54, 1.807) is 32.4 Å². The Morgan fingerprint density at radius 1 is 0.963 bits per heavy atom. The average molecular weight is 371 g/mol. The zero-order chi connectivity index (χ0) is 20.0. The van der Waals surface area contributed by atoms with Crippen molar-refractivity contribution in [1.29, 1.82) is 0 Å². The van der Waals surface area contributed by atoms with Crippen molar-refractivity contribution in [2.45, 2.75) is 39.2 Å². The molecule has 0 fully saturated rings. The minimum atomic E-state index is -0.191. The van der Waals surface area contributed by atoms with E-state index in [4.69, 9.17) is 14.2 Å². The van der Waals surface area contributed by atoms with Gasteiger partial charge >= 0.3 is 0 Å². The summed E-state index contributed by atoms with van der Waals surface area (Å²) in [5, 5.41) is 2.96. The van der Waals surface area contributed by atoms with Crippen molar-refractivity contribution in [3.63, 3.8) is 0 Å². The highest BCUT2D eigenvalue weighted by atomic mass is 16.5. The van der Waals surface area contributed by atoms with E-state index in [2.05, 4.69) is 50.4 Å². The normalized spacial score (nSPS) is 12.2. The second kappa shape index (κ2) is 8.80. The third-order valence-electron chi connectivity index (χ3n) is 4.35. The minimum absolute atomic E-state index is 0.0826. The van der Waals surface area contributed by atoms with E-state index in [1.807, 2.05) is 6.92 Å². The molecule has 0 aliphatic carbocycles. The predicted octanol–water partition coefficient (Wildman–Crippen LogP) is 4.26. The van der Waals surface area contributed by atoms with Gasteiger partial charge in [0.1, 0.15) is 17.2 Å². The van der Waals surface area contributed by atoms with Crippen molar-refractivity contribution in [3.8, 4) is 17.2 Å². The fourth-order valence-electron chi connectivity index (χ4n) is 2.65. The van der Waals surface area contributed by atoms with Crippen LogP contribution in [0.25, 0.3) is 0 Å². The fourth-order valence-corrected chi connectivity index (χ4v) is 2.65. The molecule has 0 aliphatic rings. The van der Waals surface area contributed by atoms with E-state index in [9.17, 15) is 4.79 Å². The molecule has 5 nitrogen and oxygen atoms in total. The zero-order valence-electron chi connectivity index (χ0n) is 17.0. The van der Waals surface area contributed by atoms with Gasteiger partial charge < -0.3 is 19.5 Å². The third kappa shape index (κ3) is 5.91. The molecule has 2 rings (SSSR count).